The van der Waals surface area contributed by atoms with Gasteiger partial charge in [0.25, 0.3) is 5.91 Å². The fourth-order valence-corrected chi connectivity index (χ4v) is 5.74. The zero-order valence-electron chi connectivity index (χ0n) is 20.1. The Morgan fingerprint density at radius 1 is 0.909 bits per heavy atom. The zero-order chi connectivity index (χ0) is 23.3. The Labute approximate surface area is 198 Å². The highest BCUT2D eigenvalue weighted by molar-refractivity contribution is 5.93. The number of likely N-dealkylation sites (tertiary alicyclic amines) is 1. The molecule has 2 atom stereocenters. The van der Waals surface area contributed by atoms with Crippen molar-refractivity contribution in [1.82, 2.24) is 5.32 Å². The van der Waals surface area contributed by atoms with Crippen LogP contribution in [0.2, 0.25) is 0 Å². The van der Waals surface area contributed by atoms with Crippen molar-refractivity contribution in [2.45, 2.75) is 65.0 Å². The molecule has 1 saturated heterocycles. The van der Waals surface area contributed by atoms with Gasteiger partial charge in [0.2, 0.25) is 5.91 Å². The van der Waals surface area contributed by atoms with E-state index in [1.54, 1.807) is 0 Å². The summed E-state index contributed by atoms with van der Waals surface area (Å²) in [6.45, 7) is 6.85. The second-order valence-corrected chi connectivity index (χ2v) is 10.2. The molecule has 1 saturated carbocycles. The first-order valence-electron chi connectivity index (χ1n) is 12.5. The molecule has 0 aromatic heterocycles. The zero-order valence-corrected chi connectivity index (χ0v) is 20.1. The Bertz CT molecular complexity index is 948. The molecule has 2 aliphatic rings. The van der Waals surface area contributed by atoms with Gasteiger partial charge in [-0.25, -0.2) is 0 Å². The summed E-state index contributed by atoms with van der Waals surface area (Å²) in [6, 6.07) is 16.8. The van der Waals surface area contributed by atoms with E-state index in [-0.39, 0.29) is 17.7 Å². The van der Waals surface area contributed by atoms with Crippen LogP contribution in [0, 0.1) is 19.8 Å². The highest BCUT2D eigenvalue weighted by atomic mass is 16.2. The first kappa shape index (κ1) is 23.5. The quantitative estimate of drug-likeness (QED) is 0.602. The van der Waals surface area contributed by atoms with E-state index in [0.29, 0.717) is 23.6 Å². The second-order valence-electron chi connectivity index (χ2n) is 10.2. The maximum Gasteiger partial charge on any atom is 0.279 e. The number of nitrogens with one attached hydrogen (secondary N) is 2. The first-order chi connectivity index (χ1) is 15.9. The minimum Gasteiger partial charge on any atom is -0.353 e. The van der Waals surface area contributed by atoms with Crippen LogP contribution in [0.25, 0.3) is 0 Å². The third-order valence-corrected chi connectivity index (χ3v) is 7.45. The average Bonchev–Trinajstić information content (AvgIpc) is 3.30. The highest BCUT2D eigenvalue weighted by Gasteiger charge is 2.40. The maximum absolute atomic E-state index is 13.3. The van der Waals surface area contributed by atoms with Gasteiger partial charge in [-0.05, 0) is 50.7 Å². The third kappa shape index (κ3) is 6.02. The molecule has 5 nitrogen and oxygen atoms in total. The molecule has 0 spiro atoms. The molecule has 2 fully saturated rings. The van der Waals surface area contributed by atoms with E-state index in [1.807, 2.05) is 38.1 Å². The van der Waals surface area contributed by atoms with Crippen LogP contribution in [-0.2, 0) is 16.1 Å². The monoisotopic (exact) mass is 448 g/mol. The number of aryl methyl sites for hydroxylation is 2. The van der Waals surface area contributed by atoms with Crippen molar-refractivity contribution < 1.29 is 14.1 Å². The van der Waals surface area contributed by atoms with Crippen LogP contribution in [0.5, 0.6) is 0 Å². The molecule has 2 N–H and O–H groups in total. The van der Waals surface area contributed by atoms with Gasteiger partial charge in [0, 0.05) is 17.3 Å². The summed E-state index contributed by atoms with van der Waals surface area (Å²) in [6.07, 6.45) is 6.49. The normalized spacial score (nSPS) is 23.3. The van der Waals surface area contributed by atoms with Gasteiger partial charge in [0.1, 0.15) is 6.54 Å². The fourth-order valence-electron chi connectivity index (χ4n) is 5.74. The lowest BCUT2D eigenvalue weighted by atomic mass is 9.93. The Morgan fingerprint density at radius 3 is 2.30 bits per heavy atom. The molecule has 1 aliphatic heterocycles. The predicted molar refractivity (Wildman–Crippen MR) is 133 cm³/mol. The van der Waals surface area contributed by atoms with E-state index in [4.69, 9.17) is 0 Å². The van der Waals surface area contributed by atoms with Gasteiger partial charge in [-0.1, -0.05) is 61.4 Å². The van der Waals surface area contributed by atoms with Gasteiger partial charge in [-0.2, -0.15) is 0 Å². The van der Waals surface area contributed by atoms with Gasteiger partial charge in [0.05, 0.1) is 19.0 Å². The number of amides is 2. The van der Waals surface area contributed by atoms with Crippen molar-refractivity contribution >= 4 is 17.5 Å². The van der Waals surface area contributed by atoms with Gasteiger partial charge >= 0.3 is 0 Å². The van der Waals surface area contributed by atoms with Gasteiger partial charge < -0.3 is 15.1 Å². The Hall–Kier alpha value is -2.66. The first-order valence-corrected chi connectivity index (χ1v) is 12.5. The molecular weight excluding hydrogens is 410 g/mol. The van der Waals surface area contributed by atoms with E-state index in [1.165, 1.54) is 18.4 Å². The lowest BCUT2D eigenvalue weighted by Crippen LogP contribution is -2.59. The number of quaternary nitrogens is 1. The van der Waals surface area contributed by atoms with Crippen molar-refractivity contribution in [2.24, 2.45) is 5.92 Å². The molecule has 2 amide bonds. The Kier molecular flexibility index (Phi) is 7.49. The largest absolute Gasteiger partial charge is 0.353 e. The summed E-state index contributed by atoms with van der Waals surface area (Å²) >= 11 is 0. The second kappa shape index (κ2) is 10.5. The molecule has 5 heteroatoms. The lowest BCUT2D eigenvalue weighted by Gasteiger charge is -2.43. The summed E-state index contributed by atoms with van der Waals surface area (Å²) in [5.74, 6) is 0.184. The number of benzene rings is 2. The number of para-hydroxylation sites is 1. The van der Waals surface area contributed by atoms with Crippen LogP contribution < -0.4 is 10.6 Å². The molecule has 1 heterocycles. The van der Waals surface area contributed by atoms with Crippen molar-refractivity contribution in [3.05, 3.63) is 65.2 Å². The van der Waals surface area contributed by atoms with Gasteiger partial charge in [0.15, 0.2) is 6.54 Å². The summed E-state index contributed by atoms with van der Waals surface area (Å²) < 4.78 is 0.629. The molecule has 1 aliphatic carbocycles. The van der Waals surface area contributed by atoms with E-state index < -0.39 is 0 Å². The van der Waals surface area contributed by atoms with Gasteiger partial charge in [-0.15, -0.1) is 0 Å². The molecule has 0 bridgehead atoms. The van der Waals surface area contributed by atoms with Crippen LogP contribution in [0.1, 0.15) is 55.2 Å². The van der Waals surface area contributed by atoms with Crippen molar-refractivity contribution in [3.8, 4) is 0 Å². The molecule has 4 rings (SSSR count). The minimum absolute atomic E-state index is 0.0279. The number of hydrogen-bond donors (Lipinski definition) is 2. The SMILES string of the molecule is Cc1cccc(C)c1NC(=O)C[N+]1(Cc2ccccc2)CCCC(C(=O)NC2CCCC2)C1. The van der Waals surface area contributed by atoms with E-state index in [0.717, 1.165) is 55.6 Å². The minimum atomic E-state index is -0.0314. The summed E-state index contributed by atoms with van der Waals surface area (Å²) in [7, 11) is 0. The fraction of sp³-hybridized carbons (Fsp3) is 0.500. The topological polar surface area (TPSA) is 58.2 Å². The lowest BCUT2D eigenvalue weighted by molar-refractivity contribution is -0.940. The summed E-state index contributed by atoms with van der Waals surface area (Å²) in [5.41, 5.74) is 4.28. The number of rotatable bonds is 7. The van der Waals surface area contributed by atoms with E-state index in [2.05, 4.69) is 34.9 Å². The molecular formula is C28H38N3O2+. The van der Waals surface area contributed by atoms with Crippen molar-refractivity contribution in [1.29, 1.82) is 0 Å². The maximum atomic E-state index is 13.3. The van der Waals surface area contributed by atoms with Crippen LogP contribution >= 0.6 is 0 Å². The molecule has 176 valence electrons. The number of piperidine rings is 1. The molecule has 2 aromatic carbocycles. The van der Waals surface area contributed by atoms with Crippen LogP contribution in [0.4, 0.5) is 5.69 Å². The molecule has 2 unspecified atom stereocenters. The van der Waals surface area contributed by atoms with Crippen molar-refractivity contribution in [2.75, 3.05) is 25.0 Å². The van der Waals surface area contributed by atoms with Crippen LogP contribution in [-0.4, -0.2) is 42.0 Å². The Morgan fingerprint density at radius 2 is 1.61 bits per heavy atom. The van der Waals surface area contributed by atoms with Crippen LogP contribution in [0.3, 0.4) is 0 Å². The van der Waals surface area contributed by atoms with E-state index in [9.17, 15) is 9.59 Å². The van der Waals surface area contributed by atoms with Gasteiger partial charge in [-0.3, -0.25) is 9.59 Å². The molecule has 0 radical (unpaired) electrons. The number of carbonyl (C=O) groups is 2. The van der Waals surface area contributed by atoms with E-state index >= 15 is 0 Å². The number of carbonyl (C=O) groups excluding carboxylic acids is 2. The van der Waals surface area contributed by atoms with Crippen molar-refractivity contribution in [3.63, 3.8) is 0 Å². The average molecular weight is 449 g/mol. The van der Waals surface area contributed by atoms with Crippen LogP contribution in [0.15, 0.2) is 48.5 Å². The predicted octanol–water partition coefficient (Wildman–Crippen LogP) is 4.73. The summed E-state index contributed by atoms with van der Waals surface area (Å²) in [4.78, 5) is 26.4. The Balaban J connectivity index is 1.51. The number of nitrogens with zero attached hydrogens (tertiary/aromatic N) is 1. The molecule has 33 heavy (non-hydrogen) atoms. The third-order valence-electron chi connectivity index (χ3n) is 7.45. The number of hydrogen-bond acceptors (Lipinski definition) is 2. The molecule has 2 aromatic rings. The smallest absolute Gasteiger partial charge is 0.279 e. The highest BCUT2D eigenvalue weighted by Crippen LogP contribution is 2.28. The summed E-state index contributed by atoms with van der Waals surface area (Å²) in [5, 5.41) is 6.49. The standard InChI is InChI=1S/C28H37N3O2/c1-21-10-8-11-22(2)27(21)30-26(32)20-31(18-23-12-4-3-5-13-23)17-9-14-24(19-31)28(33)29-25-15-6-7-16-25/h3-5,8,10-13,24-25H,6-7,9,14-20H2,1-2H3,(H-,29,30,32,33)/p+1. The number of anilines is 1.